The largest absolute Gasteiger partial charge is 0.478 e. The second-order valence-electron chi connectivity index (χ2n) is 3.96. The molecule has 0 aromatic heterocycles. The highest BCUT2D eigenvalue weighted by molar-refractivity contribution is 8.00. The summed E-state index contributed by atoms with van der Waals surface area (Å²) in [5, 5.41) is 9.27. The molecule has 0 amide bonds. The lowest BCUT2D eigenvalue weighted by atomic mass is 10.2. The van der Waals surface area contributed by atoms with E-state index < -0.39 is 5.97 Å². The SMILES string of the molecule is CCC(C)CSc1cccc(SC)c1C(=O)O. The van der Waals surface area contributed by atoms with Gasteiger partial charge in [0.25, 0.3) is 0 Å². The van der Waals surface area contributed by atoms with Crippen LogP contribution >= 0.6 is 23.5 Å². The van der Waals surface area contributed by atoms with Crippen molar-refractivity contribution in [2.75, 3.05) is 12.0 Å². The van der Waals surface area contributed by atoms with E-state index in [0.29, 0.717) is 11.5 Å². The van der Waals surface area contributed by atoms with Crippen LogP contribution in [0.15, 0.2) is 28.0 Å². The van der Waals surface area contributed by atoms with E-state index in [1.807, 2.05) is 24.5 Å². The van der Waals surface area contributed by atoms with Crippen LogP contribution in [0.25, 0.3) is 0 Å². The first-order valence-corrected chi connectivity index (χ1v) is 7.84. The molecule has 0 saturated carbocycles. The van der Waals surface area contributed by atoms with E-state index in [2.05, 4.69) is 13.8 Å². The number of benzene rings is 1. The van der Waals surface area contributed by atoms with E-state index in [9.17, 15) is 9.90 Å². The van der Waals surface area contributed by atoms with Crippen LogP contribution in [0.1, 0.15) is 30.6 Å². The molecule has 1 aromatic carbocycles. The molecule has 4 heteroatoms. The molecule has 94 valence electrons. The minimum atomic E-state index is -0.832. The van der Waals surface area contributed by atoms with Gasteiger partial charge in [-0.25, -0.2) is 4.79 Å². The monoisotopic (exact) mass is 270 g/mol. The fraction of sp³-hybridized carbons (Fsp3) is 0.462. The smallest absolute Gasteiger partial charge is 0.337 e. The number of carbonyl (C=O) groups is 1. The lowest BCUT2D eigenvalue weighted by Crippen LogP contribution is -2.03. The first-order chi connectivity index (χ1) is 8.10. The highest BCUT2D eigenvalue weighted by atomic mass is 32.2. The molecule has 0 radical (unpaired) electrons. The molecule has 0 saturated heterocycles. The number of rotatable bonds is 6. The zero-order valence-corrected chi connectivity index (χ0v) is 12.0. The summed E-state index contributed by atoms with van der Waals surface area (Å²) in [6, 6.07) is 5.69. The van der Waals surface area contributed by atoms with Gasteiger partial charge in [-0.05, 0) is 24.3 Å². The van der Waals surface area contributed by atoms with Crippen LogP contribution in [0.5, 0.6) is 0 Å². The fourth-order valence-electron chi connectivity index (χ4n) is 1.36. The number of hydrogen-bond acceptors (Lipinski definition) is 3. The minimum absolute atomic E-state index is 0.452. The second-order valence-corrected chi connectivity index (χ2v) is 5.87. The van der Waals surface area contributed by atoms with Gasteiger partial charge in [0.05, 0.1) is 5.56 Å². The number of hydrogen-bond donors (Lipinski definition) is 1. The number of thioether (sulfide) groups is 2. The molecule has 1 atom stereocenters. The Bertz CT molecular complexity index is 391. The molecule has 0 aliphatic heterocycles. The van der Waals surface area contributed by atoms with Crippen LogP contribution in [0.4, 0.5) is 0 Å². The van der Waals surface area contributed by atoms with Crippen LogP contribution < -0.4 is 0 Å². The molecule has 1 unspecified atom stereocenters. The summed E-state index contributed by atoms with van der Waals surface area (Å²) >= 11 is 3.13. The summed E-state index contributed by atoms with van der Waals surface area (Å²) < 4.78 is 0. The molecule has 17 heavy (non-hydrogen) atoms. The molecule has 1 rings (SSSR count). The Hall–Kier alpha value is -0.610. The Morgan fingerprint density at radius 3 is 2.59 bits per heavy atom. The molecule has 1 N–H and O–H groups in total. The van der Waals surface area contributed by atoms with Crippen molar-refractivity contribution in [2.24, 2.45) is 5.92 Å². The molecule has 2 nitrogen and oxygen atoms in total. The minimum Gasteiger partial charge on any atom is -0.478 e. The third-order valence-corrected chi connectivity index (χ3v) is 4.81. The molecule has 0 fully saturated rings. The average Bonchev–Trinajstić information content (AvgIpc) is 2.34. The number of aromatic carboxylic acids is 1. The first-order valence-electron chi connectivity index (χ1n) is 5.63. The second kappa shape index (κ2) is 6.97. The van der Waals surface area contributed by atoms with Crippen molar-refractivity contribution in [1.82, 2.24) is 0 Å². The predicted octanol–water partition coefficient (Wildman–Crippen LogP) is 4.24. The average molecular weight is 270 g/mol. The summed E-state index contributed by atoms with van der Waals surface area (Å²) in [6.45, 7) is 4.34. The Morgan fingerprint density at radius 2 is 2.06 bits per heavy atom. The van der Waals surface area contributed by atoms with Gasteiger partial charge in [0, 0.05) is 15.5 Å². The van der Waals surface area contributed by atoms with E-state index in [1.165, 1.54) is 11.8 Å². The molecule has 1 aromatic rings. The van der Waals surface area contributed by atoms with E-state index in [4.69, 9.17) is 0 Å². The van der Waals surface area contributed by atoms with Crippen molar-refractivity contribution in [3.63, 3.8) is 0 Å². The zero-order chi connectivity index (χ0) is 12.8. The number of carboxylic acid groups (broad SMARTS) is 1. The van der Waals surface area contributed by atoms with E-state index in [0.717, 1.165) is 22.0 Å². The lowest BCUT2D eigenvalue weighted by Gasteiger charge is -2.12. The van der Waals surface area contributed by atoms with Gasteiger partial charge >= 0.3 is 5.97 Å². The van der Waals surface area contributed by atoms with Crippen LogP contribution in [0.2, 0.25) is 0 Å². The van der Waals surface area contributed by atoms with Gasteiger partial charge < -0.3 is 5.11 Å². The van der Waals surface area contributed by atoms with Crippen LogP contribution in [-0.2, 0) is 0 Å². The Morgan fingerprint density at radius 1 is 1.41 bits per heavy atom. The Labute approximate surface area is 111 Å². The fourth-order valence-corrected chi connectivity index (χ4v) is 3.26. The lowest BCUT2D eigenvalue weighted by molar-refractivity contribution is 0.0689. The third kappa shape index (κ3) is 3.96. The van der Waals surface area contributed by atoms with Crippen molar-refractivity contribution in [2.45, 2.75) is 30.1 Å². The third-order valence-electron chi connectivity index (χ3n) is 2.64. The molecule has 0 aliphatic rings. The summed E-state index contributed by atoms with van der Waals surface area (Å²) in [6.07, 6.45) is 3.03. The summed E-state index contributed by atoms with van der Waals surface area (Å²) in [4.78, 5) is 13.0. The van der Waals surface area contributed by atoms with Crippen molar-refractivity contribution in [3.8, 4) is 0 Å². The van der Waals surface area contributed by atoms with Crippen LogP contribution in [-0.4, -0.2) is 23.1 Å². The maximum atomic E-state index is 11.3. The van der Waals surface area contributed by atoms with E-state index in [1.54, 1.807) is 11.8 Å². The Balaban J connectivity index is 2.94. The molecule has 0 aliphatic carbocycles. The van der Waals surface area contributed by atoms with Crippen molar-refractivity contribution in [3.05, 3.63) is 23.8 Å². The normalized spacial score (nSPS) is 12.4. The van der Waals surface area contributed by atoms with E-state index in [-0.39, 0.29) is 0 Å². The Kier molecular flexibility index (Phi) is 5.92. The van der Waals surface area contributed by atoms with Gasteiger partial charge in [0.1, 0.15) is 0 Å². The standard InChI is InChI=1S/C13H18O2S2/c1-4-9(2)8-17-11-7-5-6-10(16-3)12(11)13(14)15/h5-7,9H,4,8H2,1-3H3,(H,14,15). The van der Waals surface area contributed by atoms with Crippen molar-refractivity contribution in [1.29, 1.82) is 0 Å². The van der Waals surface area contributed by atoms with Gasteiger partial charge in [-0.3, -0.25) is 0 Å². The topological polar surface area (TPSA) is 37.3 Å². The predicted molar refractivity (Wildman–Crippen MR) is 75.4 cm³/mol. The van der Waals surface area contributed by atoms with Gasteiger partial charge in [-0.2, -0.15) is 0 Å². The van der Waals surface area contributed by atoms with Gasteiger partial charge in [-0.1, -0.05) is 26.3 Å². The van der Waals surface area contributed by atoms with E-state index >= 15 is 0 Å². The van der Waals surface area contributed by atoms with Crippen LogP contribution in [0.3, 0.4) is 0 Å². The van der Waals surface area contributed by atoms with Gasteiger partial charge in [0.15, 0.2) is 0 Å². The quantitative estimate of drug-likeness (QED) is 0.784. The highest BCUT2D eigenvalue weighted by Crippen LogP contribution is 2.31. The maximum Gasteiger partial charge on any atom is 0.337 e. The summed E-state index contributed by atoms with van der Waals surface area (Å²) in [7, 11) is 0. The highest BCUT2D eigenvalue weighted by Gasteiger charge is 2.15. The molecular formula is C13H18O2S2. The molecule has 0 spiro atoms. The summed E-state index contributed by atoms with van der Waals surface area (Å²) in [5.41, 5.74) is 0.452. The molecular weight excluding hydrogens is 252 g/mol. The maximum absolute atomic E-state index is 11.3. The number of carboxylic acids is 1. The summed E-state index contributed by atoms with van der Waals surface area (Å²) in [5.74, 6) is 0.746. The van der Waals surface area contributed by atoms with Crippen molar-refractivity contribution < 1.29 is 9.90 Å². The molecule has 0 bridgehead atoms. The first kappa shape index (κ1) is 14.5. The van der Waals surface area contributed by atoms with Crippen LogP contribution in [0, 0.1) is 5.92 Å². The zero-order valence-electron chi connectivity index (χ0n) is 10.4. The van der Waals surface area contributed by atoms with Gasteiger partial charge in [0.2, 0.25) is 0 Å². The van der Waals surface area contributed by atoms with Gasteiger partial charge in [-0.15, -0.1) is 23.5 Å². The van der Waals surface area contributed by atoms with Crippen molar-refractivity contribution >= 4 is 29.5 Å². The molecule has 0 heterocycles.